The van der Waals surface area contributed by atoms with Crippen LogP contribution in [0.25, 0.3) is 16.7 Å². The number of hydrogen-bond donors (Lipinski definition) is 1. The summed E-state index contributed by atoms with van der Waals surface area (Å²) in [5.41, 5.74) is 2.71. The summed E-state index contributed by atoms with van der Waals surface area (Å²) < 4.78 is 1.66. The summed E-state index contributed by atoms with van der Waals surface area (Å²) in [6.45, 7) is 1.84. The number of aromatic nitrogens is 3. The van der Waals surface area contributed by atoms with Gasteiger partial charge in [-0.05, 0) is 61.2 Å². The van der Waals surface area contributed by atoms with E-state index in [2.05, 4.69) is 15.4 Å². The topological polar surface area (TPSA) is 83.6 Å². The lowest BCUT2D eigenvalue weighted by Crippen LogP contribution is -2.13. The number of fused-ring (bicyclic) bond motifs is 1. The lowest BCUT2D eigenvalue weighted by Gasteiger charge is -2.07. The minimum absolute atomic E-state index is 0.245. The van der Waals surface area contributed by atoms with E-state index in [0.29, 0.717) is 22.8 Å². The highest BCUT2D eigenvalue weighted by Gasteiger charge is 2.16. The first-order valence-corrected chi connectivity index (χ1v) is 9.35. The normalized spacial score (nSPS) is 10.6. The van der Waals surface area contributed by atoms with E-state index >= 15 is 0 Å². The van der Waals surface area contributed by atoms with Gasteiger partial charge < -0.3 is 5.32 Å². The van der Waals surface area contributed by atoms with Gasteiger partial charge in [0, 0.05) is 16.0 Å². The third kappa shape index (κ3) is 3.46. The van der Waals surface area contributed by atoms with Gasteiger partial charge in [-0.25, -0.2) is 9.67 Å². The van der Waals surface area contributed by atoms with Crippen LogP contribution in [-0.2, 0) is 0 Å². The Balaban J connectivity index is 1.58. The van der Waals surface area contributed by atoms with Crippen LogP contribution in [0.1, 0.15) is 16.1 Å². The van der Waals surface area contributed by atoms with E-state index in [4.69, 9.17) is 5.26 Å². The first kappa shape index (κ1) is 17.8. The van der Waals surface area contributed by atoms with Gasteiger partial charge in [-0.3, -0.25) is 4.79 Å². The van der Waals surface area contributed by atoms with Crippen LogP contribution in [0.4, 0.5) is 5.69 Å². The third-order valence-electron chi connectivity index (χ3n) is 4.33. The van der Waals surface area contributed by atoms with Crippen molar-refractivity contribution in [1.82, 2.24) is 14.8 Å². The van der Waals surface area contributed by atoms with E-state index in [9.17, 15) is 4.79 Å². The molecule has 0 saturated carbocycles. The summed E-state index contributed by atoms with van der Waals surface area (Å²) >= 11 is 1.08. The largest absolute Gasteiger partial charge is 0.322 e. The number of nitrogens with one attached hydrogen (secondary N) is 1. The van der Waals surface area contributed by atoms with Crippen LogP contribution >= 0.6 is 11.8 Å². The molecule has 2 aromatic carbocycles. The summed E-state index contributed by atoms with van der Waals surface area (Å²) in [6, 6.07) is 18.8. The Kier molecular flexibility index (Phi) is 4.79. The number of anilines is 1. The Hall–Kier alpha value is -3.63. The molecule has 2 heterocycles. The second kappa shape index (κ2) is 7.55. The summed E-state index contributed by atoms with van der Waals surface area (Å²) in [4.78, 5) is 18.1. The molecule has 7 heteroatoms. The van der Waals surface area contributed by atoms with Crippen molar-refractivity contribution in [1.29, 1.82) is 5.26 Å². The van der Waals surface area contributed by atoms with Gasteiger partial charge in [-0.1, -0.05) is 18.2 Å². The lowest BCUT2D eigenvalue weighted by atomic mass is 10.2. The summed E-state index contributed by atoms with van der Waals surface area (Å²) in [6.07, 6.45) is 1.54. The zero-order chi connectivity index (χ0) is 19.5. The van der Waals surface area contributed by atoms with Gasteiger partial charge in [0.2, 0.25) is 0 Å². The van der Waals surface area contributed by atoms with Crippen molar-refractivity contribution in [2.75, 3.05) is 5.32 Å². The standard InChI is InChI=1S/C21H15N5OS/c1-14-18(21(27)24-16-7-9-17(10-8-16)28-13-22)12-23-26(14)20-11-6-15-4-2-3-5-19(15)25-20/h2-12H,1H3,(H,24,27). The van der Waals surface area contributed by atoms with E-state index < -0.39 is 0 Å². The van der Waals surface area contributed by atoms with E-state index in [1.807, 2.05) is 48.7 Å². The molecule has 6 nitrogen and oxygen atoms in total. The Morgan fingerprint density at radius 1 is 1.11 bits per heavy atom. The molecule has 1 N–H and O–H groups in total. The molecule has 2 aromatic heterocycles. The molecule has 0 unspecified atom stereocenters. The predicted octanol–water partition coefficient (Wildman–Crippen LogP) is 4.55. The maximum Gasteiger partial charge on any atom is 0.259 e. The quantitative estimate of drug-likeness (QED) is 0.411. The van der Waals surface area contributed by atoms with Crippen LogP contribution in [0.2, 0.25) is 0 Å². The number of nitriles is 1. The Labute approximate surface area is 165 Å². The molecule has 0 saturated heterocycles. The molecular weight excluding hydrogens is 370 g/mol. The molecule has 28 heavy (non-hydrogen) atoms. The number of thiocyanates is 1. The molecule has 1 amide bonds. The first-order chi connectivity index (χ1) is 13.7. The molecule has 4 aromatic rings. The number of rotatable bonds is 4. The van der Waals surface area contributed by atoms with Crippen LogP contribution in [0.3, 0.4) is 0 Å². The molecular formula is C21H15N5OS. The van der Waals surface area contributed by atoms with Crippen molar-refractivity contribution in [3.8, 4) is 11.2 Å². The highest BCUT2D eigenvalue weighted by molar-refractivity contribution is 8.03. The molecule has 0 spiro atoms. The van der Waals surface area contributed by atoms with Gasteiger partial charge in [-0.15, -0.1) is 0 Å². The Morgan fingerprint density at radius 3 is 2.68 bits per heavy atom. The molecule has 0 atom stereocenters. The highest BCUT2D eigenvalue weighted by Crippen LogP contribution is 2.21. The van der Waals surface area contributed by atoms with Gasteiger partial charge in [0.1, 0.15) is 5.40 Å². The number of pyridine rings is 1. The Morgan fingerprint density at radius 2 is 1.89 bits per heavy atom. The average molecular weight is 385 g/mol. The smallest absolute Gasteiger partial charge is 0.259 e. The predicted molar refractivity (Wildman–Crippen MR) is 109 cm³/mol. The van der Waals surface area contributed by atoms with Crippen LogP contribution in [0, 0.1) is 17.6 Å². The van der Waals surface area contributed by atoms with Crippen molar-refractivity contribution >= 4 is 34.3 Å². The molecule has 0 aliphatic carbocycles. The number of carbonyl (C=O) groups excluding carboxylic acids is 1. The van der Waals surface area contributed by atoms with Gasteiger partial charge in [0.15, 0.2) is 5.82 Å². The number of thioether (sulfide) groups is 1. The zero-order valence-electron chi connectivity index (χ0n) is 15.0. The monoisotopic (exact) mass is 385 g/mol. The van der Waals surface area contributed by atoms with Gasteiger partial charge in [0.05, 0.1) is 23.0 Å². The van der Waals surface area contributed by atoms with Crippen LogP contribution < -0.4 is 5.32 Å². The van der Waals surface area contributed by atoms with Crippen LogP contribution in [0.15, 0.2) is 71.8 Å². The van der Waals surface area contributed by atoms with E-state index in [1.54, 1.807) is 35.1 Å². The van der Waals surface area contributed by atoms with Gasteiger partial charge in [0.25, 0.3) is 5.91 Å². The fraction of sp³-hybridized carbons (Fsp3) is 0.0476. The van der Waals surface area contributed by atoms with Crippen LogP contribution in [-0.4, -0.2) is 20.7 Å². The summed E-state index contributed by atoms with van der Waals surface area (Å²) in [5, 5.41) is 19.0. The number of para-hydroxylation sites is 1. The maximum absolute atomic E-state index is 12.7. The highest BCUT2D eigenvalue weighted by atomic mass is 32.2. The molecule has 0 fully saturated rings. The first-order valence-electron chi connectivity index (χ1n) is 8.54. The Bertz CT molecular complexity index is 1210. The SMILES string of the molecule is Cc1c(C(=O)Nc2ccc(SC#N)cc2)cnn1-c1ccc2ccccc2n1. The minimum atomic E-state index is -0.245. The number of hydrogen-bond acceptors (Lipinski definition) is 5. The molecule has 0 aliphatic heterocycles. The van der Waals surface area contributed by atoms with Crippen molar-refractivity contribution in [2.24, 2.45) is 0 Å². The van der Waals surface area contributed by atoms with E-state index in [1.165, 1.54) is 0 Å². The maximum atomic E-state index is 12.7. The summed E-state index contributed by atoms with van der Waals surface area (Å²) in [7, 11) is 0. The average Bonchev–Trinajstić information content (AvgIpc) is 3.11. The number of nitrogens with zero attached hydrogens (tertiary/aromatic N) is 4. The summed E-state index contributed by atoms with van der Waals surface area (Å²) in [5.74, 6) is 0.415. The molecule has 4 rings (SSSR count). The second-order valence-electron chi connectivity index (χ2n) is 6.09. The van der Waals surface area contributed by atoms with Gasteiger partial charge in [-0.2, -0.15) is 10.4 Å². The fourth-order valence-corrected chi connectivity index (χ4v) is 3.27. The second-order valence-corrected chi connectivity index (χ2v) is 6.95. The van der Waals surface area contributed by atoms with Crippen molar-refractivity contribution < 1.29 is 4.79 Å². The molecule has 0 bridgehead atoms. The van der Waals surface area contributed by atoms with Crippen molar-refractivity contribution in [3.05, 3.63) is 78.1 Å². The fourth-order valence-electron chi connectivity index (χ4n) is 2.89. The van der Waals surface area contributed by atoms with Crippen LogP contribution in [0.5, 0.6) is 0 Å². The number of carbonyl (C=O) groups is 1. The number of amides is 1. The molecule has 0 aliphatic rings. The number of benzene rings is 2. The zero-order valence-corrected chi connectivity index (χ0v) is 15.8. The minimum Gasteiger partial charge on any atom is -0.322 e. The molecule has 136 valence electrons. The molecule has 0 radical (unpaired) electrons. The van der Waals surface area contributed by atoms with E-state index in [0.717, 1.165) is 27.6 Å². The van der Waals surface area contributed by atoms with Crippen molar-refractivity contribution in [2.45, 2.75) is 11.8 Å². The third-order valence-corrected chi connectivity index (χ3v) is 4.93. The lowest BCUT2D eigenvalue weighted by molar-refractivity contribution is 0.102. The van der Waals surface area contributed by atoms with Gasteiger partial charge >= 0.3 is 0 Å². The van der Waals surface area contributed by atoms with Crippen molar-refractivity contribution in [3.63, 3.8) is 0 Å². The van der Waals surface area contributed by atoms with E-state index in [-0.39, 0.29) is 5.91 Å².